The summed E-state index contributed by atoms with van der Waals surface area (Å²) in [7, 11) is 0. The Bertz CT molecular complexity index is 476. The van der Waals surface area contributed by atoms with Gasteiger partial charge in [0.1, 0.15) is 0 Å². The number of carbonyl (C=O) groups is 1. The summed E-state index contributed by atoms with van der Waals surface area (Å²) >= 11 is 0. The molecular weight excluding hydrogens is 276 g/mol. The fraction of sp³-hybridized carbons (Fsp3) is 0.611. The maximum absolute atomic E-state index is 11.8. The molecule has 22 heavy (non-hydrogen) atoms. The van der Waals surface area contributed by atoms with Gasteiger partial charge in [0.25, 0.3) is 0 Å². The van der Waals surface area contributed by atoms with Crippen LogP contribution >= 0.6 is 0 Å². The Morgan fingerprint density at radius 1 is 1.27 bits per heavy atom. The van der Waals surface area contributed by atoms with Crippen molar-refractivity contribution >= 4 is 6.03 Å². The first kappa shape index (κ1) is 16.8. The highest BCUT2D eigenvalue weighted by Gasteiger charge is 2.25. The Kier molecular flexibility index (Phi) is 5.83. The molecule has 4 nitrogen and oxygen atoms in total. The molecule has 1 aromatic rings. The van der Waals surface area contributed by atoms with Gasteiger partial charge >= 0.3 is 6.03 Å². The molecular formula is C18H28N2O2. The largest absolute Gasteiger partial charge is 0.389 e. The number of aliphatic hydroxyl groups is 1. The summed E-state index contributed by atoms with van der Waals surface area (Å²) in [5, 5.41) is 9.53. The lowest BCUT2D eigenvalue weighted by Gasteiger charge is -2.35. The van der Waals surface area contributed by atoms with Crippen molar-refractivity contribution in [1.82, 2.24) is 4.90 Å². The van der Waals surface area contributed by atoms with Crippen LogP contribution in [0.5, 0.6) is 0 Å². The summed E-state index contributed by atoms with van der Waals surface area (Å²) in [5.41, 5.74) is 7.66. The van der Waals surface area contributed by atoms with Crippen molar-refractivity contribution in [3.63, 3.8) is 0 Å². The van der Waals surface area contributed by atoms with Gasteiger partial charge in [0, 0.05) is 12.6 Å². The molecule has 1 aromatic carbocycles. The number of rotatable bonds is 5. The molecule has 0 aromatic heterocycles. The average Bonchev–Trinajstić information content (AvgIpc) is 2.49. The predicted molar refractivity (Wildman–Crippen MR) is 88.5 cm³/mol. The van der Waals surface area contributed by atoms with Gasteiger partial charge in [-0.05, 0) is 56.1 Å². The van der Waals surface area contributed by atoms with Gasteiger partial charge in [-0.15, -0.1) is 0 Å². The minimum Gasteiger partial charge on any atom is -0.389 e. The predicted octanol–water partition coefficient (Wildman–Crippen LogP) is 3.24. The molecule has 1 unspecified atom stereocenters. The van der Waals surface area contributed by atoms with Crippen LogP contribution in [0.15, 0.2) is 24.3 Å². The van der Waals surface area contributed by atoms with E-state index in [1.54, 1.807) is 6.92 Å². The second kappa shape index (κ2) is 7.63. The first-order valence-electron chi connectivity index (χ1n) is 8.30. The van der Waals surface area contributed by atoms with Gasteiger partial charge in [-0.2, -0.15) is 0 Å². The number of amides is 2. The van der Waals surface area contributed by atoms with E-state index in [2.05, 4.69) is 6.92 Å². The van der Waals surface area contributed by atoms with Crippen LogP contribution in [0.3, 0.4) is 0 Å². The number of primary amides is 1. The highest BCUT2D eigenvalue weighted by Crippen LogP contribution is 2.27. The molecule has 1 saturated carbocycles. The third kappa shape index (κ3) is 4.47. The van der Waals surface area contributed by atoms with E-state index < -0.39 is 6.10 Å². The van der Waals surface area contributed by atoms with Crippen LogP contribution in [-0.2, 0) is 6.42 Å². The number of nitrogens with zero attached hydrogens (tertiary/aromatic N) is 1. The molecule has 0 heterocycles. The minimum absolute atomic E-state index is 0.297. The van der Waals surface area contributed by atoms with Gasteiger partial charge in [-0.3, -0.25) is 0 Å². The van der Waals surface area contributed by atoms with Crippen molar-refractivity contribution in [1.29, 1.82) is 0 Å². The molecule has 4 heteroatoms. The summed E-state index contributed by atoms with van der Waals surface area (Å²) in [6, 6.07) is 7.91. The molecule has 0 spiro atoms. The van der Waals surface area contributed by atoms with Crippen LogP contribution in [0.25, 0.3) is 0 Å². The Morgan fingerprint density at radius 3 is 2.36 bits per heavy atom. The Morgan fingerprint density at radius 2 is 1.86 bits per heavy atom. The van der Waals surface area contributed by atoms with Crippen LogP contribution in [0.2, 0.25) is 0 Å². The van der Waals surface area contributed by atoms with E-state index in [0.717, 1.165) is 30.7 Å². The molecule has 3 N–H and O–H groups in total. The lowest BCUT2D eigenvalue weighted by atomic mass is 9.86. The molecule has 1 aliphatic rings. The van der Waals surface area contributed by atoms with E-state index in [1.165, 1.54) is 18.4 Å². The van der Waals surface area contributed by atoms with Gasteiger partial charge in [-0.1, -0.05) is 31.2 Å². The fourth-order valence-electron chi connectivity index (χ4n) is 3.24. The number of hydrogen-bond acceptors (Lipinski definition) is 2. The topological polar surface area (TPSA) is 66.6 Å². The van der Waals surface area contributed by atoms with Crippen LogP contribution in [0, 0.1) is 5.92 Å². The smallest absolute Gasteiger partial charge is 0.315 e. The number of hydrogen-bond donors (Lipinski definition) is 2. The maximum atomic E-state index is 11.8. The quantitative estimate of drug-likeness (QED) is 0.877. The highest BCUT2D eigenvalue weighted by atomic mass is 16.3. The van der Waals surface area contributed by atoms with E-state index >= 15 is 0 Å². The van der Waals surface area contributed by atoms with Gasteiger partial charge < -0.3 is 15.7 Å². The Balaban J connectivity index is 1.92. The van der Waals surface area contributed by atoms with Crippen molar-refractivity contribution in [2.24, 2.45) is 11.7 Å². The minimum atomic E-state index is -0.444. The molecule has 1 fully saturated rings. The van der Waals surface area contributed by atoms with E-state index in [0.29, 0.717) is 12.6 Å². The second-order valence-electron chi connectivity index (χ2n) is 6.61. The zero-order chi connectivity index (χ0) is 16.1. The van der Waals surface area contributed by atoms with E-state index in [4.69, 9.17) is 5.73 Å². The van der Waals surface area contributed by atoms with Crippen molar-refractivity contribution in [2.75, 3.05) is 6.54 Å². The summed E-state index contributed by atoms with van der Waals surface area (Å²) in [6.07, 6.45) is 4.83. The summed E-state index contributed by atoms with van der Waals surface area (Å²) in [5.74, 6) is 0.763. The van der Waals surface area contributed by atoms with Crippen molar-refractivity contribution in [2.45, 2.75) is 58.1 Å². The first-order valence-corrected chi connectivity index (χ1v) is 8.30. The number of benzene rings is 1. The zero-order valence-corrected chi connectivity index (χ0v) is 13.7. The van der Waals surface area contributed by atoms with E-state index in [-0.39, 0.29) is 6.03 Å². The van der Waals surface area contributed by atoms with Crippen molar-refractivity contribution < 1.29 is 9.90 Å². The average molecular weight is 304 g/mol. The van der Waals surface area contributed by atoms with Gasteiger partial charge in [0.05, 0.1) is 6.10 Å². The molecule has 0 radical (unpaired) electrons. The number of urea groups is 1. The molecule has 0 aliphatic heterocycles. The van der Waals surface area contributed by atoms with E-state index in [9.17, 15) is 9.90 Å². The maximum Gasteiger partial charge on any atom is 0.315 e. The lowest BCUT2D eigenvalue weighted by molar-refractivity contribution is 0.154. The molecule has 0 saturated heterocycles. The third-order valence-corrected chi connectivity index (χ3v) is 4.81. The van der Waals surface area contributed by atoms with E-state index in [1.807, 2.05) is 29.2 Å². The van der Waals surface area contributed by atoms with Crippen molar-refractivity contribution in [3.05, 3.63) is 35.4 Å². The lowest BCUT2D eigenvalue weighted by Crippen LogP contribution is -2.46. The molecule has 1 aliphatic carbocycles. The number of carbonyl (C=O) groups excluding carboxylic acids is 1. The summed E-state index contributed by atoms with van der Waals surface area (Å²) in [6.45, 7) is 4.70. The van der Waals surface area contributed by atoms with Crippen LogP contribution < -0.4 is 5.73 Å². The third-order valence-electron chi connectivity index (χ3n) is 4.81. The van der Waals surface area contributed by atoms with Gasteiger partial charge in [0.2, 0.25) is 0 Å². The zero-order valence-electron chi connectivity index (χ0n) is 13.7. The number of aliphatic hydroxyl groups excluding tert-OH is 1. The summed E-state index contributed by atoms with van der Waals surface area (Å²) < 4.78 is 0. The molecule has 122 valence electrons. The van der Waals surface area contributed by atoms with Crippen LogP contribution in [0.1, 0.15) is 56.8 Å². The van der Waals surface area contributed by atoms with Crippen LogP contribution in [0.4, 0.5) is 4.79 Å². The highest BCUT2D eigenvalue weighted by molar-refractivity contribution is 5.72. The molecule has 1 atom stereocenters. The summed E-state index contributed by atoms with van der Waals surface area (Å²) in [4.78, 5) is 13.6. The Labute approximate surface area is 133 Å². The first-order chi connectivity index (χ1) is 10.5. The second-order valence-corrected chi connectivity index (χ2v) is 6.61. The van der Waals surface area contributed by atoms with Gasteiger partial charge in [-0.25, -0.2) is 4.79 Å². The normalized spacial score (nSPS) is 23.0. The van der Waals surface area contributed by atoms with Crippen molar-refractivity contribution in [3.8, 4) is 0 Å². The van der Waals surface area contributed by atoms with Crippen LogP contribution in [-0.4, -0.2) is 28.6 Å². The van der Waals surface area contributed by atoms with Gasteiger partial charge in [0.15, 0.2) is 0 Å². The standard InChI is InChI=1S/C18H28N2O2/c1-13-3-9-17(10-4-13)20(18(19)22)12-11-15-5-7-16(8-6-15)14(2)21/h5-8,13-14,17,21H,3-4,9-12H2,1-2H3,(H2,19,22). The Hall–Kier alpha value is -1.55. The molecule has 0 bridgehead atoms. The number of nitrogens with two attached hydrogens (primary N) is 1. The monoisotopic (exact) mass is 304 g/mol. The molecule has 2 amide bonds. The fourth-order valence-corrected chi connectivity index (χ4v) is 3.24. The SMILES string of the molecule is CC1CCC(N(CCc2ccc(C(C)O)cc2)C(N)=O)CC1. The molecule has 2 rings (SSSR count).